The molecule has 1 aliphatic carbocycles. The van der Waals surface area contributed by atoms with Crippen molar-refractivity contribution in [1.29, 1.82) is 0 Å². The highest BCUT2D eigenvalue weighted by atomic mass is 16.8. The van der Waals surface area contributed by atoms with Gasteiger partial charge in [0.15, 0.2) is 6.79 Å². The Labute approximate surface area is 325 Å². The van der Waals surface area contributed by atoms with Gasteiger partial charge in [0.2, 0.25) is 6.79 Å². The van der Waals surface area contributed by atoms with Crippen LogP contribution in [-0.2, 0) is 34.6 Å². The van der Waals surface area contributed by atoms with Crippen LogP contribution in [0.25, 0.3) is 0 Å². The largest absolute Gasteiger partial charge is 0.513 e. The summed E-state index contributed by atoms with van der Waals surface area (Å²) in [6, 6.07) is 30.9. The molecule has 4 aromatic rings. The SMILES string of the molecule is COCOC(=O)OCOC(C)=O.COc1ccc(C(C)(C)C)cc1.Cc1ccc(C2(c3ccc(C)c(C)c3)CCCCC2)cc1C.Cc1cccc(C)c1. The number of hydrogen-bond acceptors (Lipinski definition) is 7. The van der Waals surface area contributed by atoms with E-state index in [1.165, 1.54) is 96.2 Å². The molecular weight excluding hydrogens is 677 g/mol. The summed E-state index contributed by atoms with van der Waals surface area (Å²) in [6.45, 7) is 20.3. The highest BCUT2D eigenvalue weighted by Crippen LogP contribution is 2.45. The highest BCUT2D eigenvalue weighted by molar-refractivity contribution is 5.66. The second-order valence-electron chi connectivity index (χ2n) is 15.1. The number of ether oxygens (including phenoxy) is 5. The van der Waals surface area contributed by atoms with Crippen LogP contribution in [0.2, 0.25) is 0 Å². The number of methoxy groups -OCH3 is 2. The van der Waals surface area contributed by atoms with Crippen molar-refractivity contribution >= 4 is 12.1 Å². The molecule has 0 spiro atoms. The molecule has 7 nitrogen and oxygen atoms in total. The Morgan fingerprint density at radius 3 is 1.50 bits per heavy atom. The van der Waals surface area contributed by atoms with Gasteiger partial charge in [0.05, 0.1) is 7.11 Å². The van der Waals surface area contributed by atoms with E-state index in [1.807, 2.05) is 12.1 Å². The molecule has 1 fully saturated rings. The lowest BCUT2D eigenvalue weighted by Gasteiger charge is -2.39. The Morgan fingerprint density at radius 1 is 0.611 bits per heavy atom. The first-order chi connectivity index (χ1) is 25.5. The molecule has 0 aromatic heterocycles. The summed E-state index contributed by atoms with van der Waals surface area (Å²) >= 11 is 0. The molecule has 0 atom stereocenters. The van der Waals surface area contributed by atoms with Crippen LogP contribution in [0.3, 0.4) is 0 Å². The van der Waals surface area contributed by atoms with E-state index in [2.05, 4.69) is 154 Å². The molecular formula is C47H64O7. The van der Waals surface area contributed by atoms with E-state index >= 15 is 0 Å². The van der Waals surface area contributed by atoms with Gasteiger partial charge in [0.25, 0.3) is 0 Å². The summed E-state index contributed by atoms with van der Waals surface area (Å²) in [7, 11) is 3.05. The molecule has 0 heterocycles. The quantitative estimate of drug-likeness (QED) is 0.138. The van der Waals surface area contributed by atoms with E-state index in [0.29, 0.717) is 0 Å². The van der Waals surface area contributed by atoms with Crippen molar-refractivity contribution < 1.29 is 33.3 Å². The maximum Gasteiger partial charge on any atom is 0.513 e. The van der Waals surface area contributed by atoms with Gasteiger partial charge in [-0.05, 0) is 111 Å². The molecule has 5 rings (SSSR count). The predicted octanol–water partition coefficient (Wildman–Crippen LogP) is 11.7. The smallest absolute Gasteiger partial charge is 0.497 e. The lowest BCUT2D eigenvalue weighted by molar-refractivity contribution is -0.151. The summed E-state index contributed by atoms with van der Waals surface area (Å²) in [5.41, 5.74) is 13.2. The number of aryl methyl sites for hydroxylation is 6. The molecule has 294 valence electrons. The second kappa shape index (κ2) is 22.6. The average molecular weight is 741 g/mol. The molecule has 0 unspecified atom stereocenters. The number of esters is 1. The topological polar surface area (TPSA) is 80.3 Å². The van der Waals surface area contributed by atoms with Crippen LogP contribution in [0, 0.1) is 41.5 Å². The lowest BCUT2D eigenvalue weighted by Crippen LogP contribution is -2.30. The van der Waals surface area contributed by atoms with Gasteiger partial charge in [-0.1, -0.05) is 124 Å². The molecule has 54 heavy (non-hydrogen) atoms. The standard InChI is InChI=1S/C22H28.C11H16O.C8H10.C6H10O6/c1-16-8-10-20(14-18(16)3)22(12-6-5-7-13-22)21-11-9-17(2)19(4)15-21;1-11(2,3)9-5-7-10(12-4)8-6-9;1-7-4-3-5-8(2)6-7;1-5(7)10-4-12-6(8)11-3-9-2/h8-11,14-15H,5-7,12-13H2,1-4H3;5-8H,1-4H3;3-6H,1-2H3;3-4H2,1-2H3. The molecule has 0 radical (unpaired) electrons. The summed E-state index contributed by atoms with van der Waals surface area (Å²) in [6.07, 6.45) is 5.71. The van der Waals surface area contributed by atoms with Crippen molar-refractivity contribution in [1.82, 2.24) is 0 Å². The lowest BCUT2D eigenvalue weighted by atomic mass is 9.64. The minimum atomic E-state index is -0.946. The van der Waals surface area contributed by atoms with E-state index in [1.54, 1.807) is 7.11 Å². The zero-order valence-electron chi connectivity index (χ0n) is 34.9. The van der Waals surface area contributed by atoms with Gasteiger partial charge in [-0.3, -0.25) is 4.79 Å². The van der Waals surface area contributed by atoms with Crippen molar-refractivity contribution in [2.75, 3.05) is 27.8 Å². The van der Waals surface area contributed by atoms with Gasteiger partial charge in [-0.25, -0.2) is 4.79 Å². The maximum atomic E-state index is 10.5. The van der Waals surface area contributed by atoms with Gasteiger partial charge >= 0.3 is 12.1 Å². The molecule has 0 saturated heterocycles. The third-order valence-corrected chi connectivity index (χ3v) is 9.69. The van der Waals surface area contributed by atoms with E-state index in [-0.39, 0.29) is 17.6 Å². The average Bonchev–Trinajstić information content (AvgIpc) is 3.13. The Morgan fingerprint density at radius 2 is 1.11 bits per heavy atom. The molecule has 7 heteroatoms. The van der Waals surface area contributed by atoms with Crippen molar-refractivity contribution in [3.63, 3.8) is 0 Å². The summed E-state index contributed by atoms with van der Waals surface area (Å²) in [5.74, 6) is 0.387. The van der Waals surface area contributed by atoms with Crippen LogP contribution in [0.4, 0.5) is 4.79 Å². The van der Waals surface area contributed by atoms with Gasteiger partial charge in [-0.15, -0.1) is 0 Å². The van der Waals surface area contributed by atoms with Gasteiger partial charge < -0.3 is 23.7 Å². The fourth-order valence-corrected chi connectivity index (χ4v) is 6.18. The third kappa shape index (κ3) is 15.4. The van der Waals surface area contributed by atoms with Crippen LogP contribution in [0.5, 0.6) is 5.75 Å². The Bertz CT molecular complexity index is 1660. The Hall–Kier alpha value is -4.62. The molecule has 1 saturated carbocycles. The normalized spacial score (nSPS) is 13.0. The first-order valence-electron chi connectivity index (χ1n) is 18.8. The zero-order valence-corrected chi connectivity index (χ0v) is 34.9. The van der Waals surface area contributed by atoms with Gasteiger partial charge in [0.1, 0.15) is 5.75 Å². The van der Waals surface area contributed by atoms with Crippen molar-refractivity contribution in [3.05, 3.63) is 135 Å². The fraction of sp³-hybridized carbons (Fsp3) is 0.447. The number of hydrogen-bond donors (Lipinski definition) is 0. The third-order valence-electron chi connectivity index (χ3n) is 9.69. The summed E-state index contributed by atoms with van der Waals surface area (Å²) in [5, 5.41) is 0. The minimum Gasteiger partial charge on any atom is -0.497 e. The van der Waals surface area contributed by atoms with Crippen LogP contribution in [0.1, 0.15) is 110 Å². The van der Waals surface area contributed by atoms with Crippen LogP contribution in [-0.4, -0.2) is 39.9 Å². The van der Waals surface area contributed by atoms with Crippen molar-refractivity contribution in [2.24, 2.45) is 0 Å². The van der Waals surface area contributed by atoms with E-state index in [9.17, 15) is 9.59 Å². The molecule has 1 aliphatic rings. The van der Waals surface area contributed by atoms with Crippen LogP contribution in [0.15, 0.2) is 84.9 Å². The number of carbonyl (C=O) groups excluding carboxylic acids is 2. The minimum absolute atomic E-state index is 0.196. The van der Waals surface area contributed by atoms with Gasteiger partial charge in [-0.2, -0.15) is 0 Å². The predicted molar refractivity (Wildman–Crippen MR) is 219 cm³/mol. The monoisotopic (exact) mass is 740 g/mol. The van der Waals surface area contributed by atoms with Crippen LogP contribution >= 0.6 is 0 Å². The molecule has 0 amide bonds. The summed E-state index contributed by atoms with van der Waals surface area (Å²) < 4.78 is 22.3. The molecule has 0 aliphatic heterocycles. The maximum absolute atomic E-state index is 10.5. The van der Waals surface area contributed by atoms with E-state index < -0.39 is 18.9 Å². The van der Waals surface area contributed by atoms with Crippen LogP contribution < -0.4 is 4.74 Å². The first kappa shape index (κ1) is 45.5. The second-order valence-corrected chi connectivity index (χ2v) is 15.1. The first-order valence-corrected chi connectivity index (χ1v) is 18.8. The van der Waals surface area contributed by atoms with E-state index in [0.717, 1.165) is 5.75 Å². The van der Waals surface area contributed by atoms with Gasteiger partial charge in [0, 0.05) is 19.4 Å². The van der Waals surface area contributed by atoms with Crippen molar-refractivity contribution in [2.45, 2.75) is 112 Å². The van der Waals surface area contributed by atoms with E-state index in [4.69, 9.17) is 4.74 Å². The fourth-order valence-electron chi connectivity index (χ4n) is 6.18. The Balaban J connectivity index is 0.000000270. The zero-order chi connectivity index (χ0) is 40.3. The highest BCUT2D eigenvalue weighted by Gasteiger charge is 2.36. The number of carbonyl (C=O) groups is 2. The Kier molecular flexibility index (Phi) is 19.0. The number of benzene rings is 4. The molecule has 4 aromatic carbocycles. The molecule has 0 bridgehead atoms. The van der Waals surface area contributed by atoms with Crippen molar-refractivity contribution in [3.8, 4) is 5.75 Å². The number of rotatable bonds is 7. The summed E-state index contributed by atoms with van der Waals surface area (Å²) in [4.78, 5) is 20.6. The molecule has 0 N–H and O–H groups in total.